The van der Waals surface area contributed by atoms with Crippen LogP contribution in [0.1, 0.15) is 11.1 Å². The summed E-state index contributed by atoms with van der Waals surface area (Å²) in [6.07, 6.45) is 0. The molecule has 0 amide bonds. The largest absolute Gasteiger partial charge is 0.273 e. The van der Waals surface area contributed by atoms with Gasteiger partial charge in [0.2, 0.25) is 0 Å². The minimum Gasteiger partial charge on any atom is -0.258 e. The number of nitriles is 1. The third kappa shape index (κ3) is 1.40. The number of nitrogens with zero attached hydrogens (tertiary/aromatic N) is 2. The van der Waals surface area contributed by atoms with Crippen molar-refractivity contribution in [2.45, 2.75) is 6.92 Å². The molecule has 12 heavy (non-hydrogen) atoms. The molecule has 1 aromatic carbocycles. The Morgan fingerprint density at radius 3 is 2.75 bits per heavy atom. The van der Waals surface area contributed by atoms with Gasteiger partial charge in [0.15, 0.2) is 0 Å². The molecule has 0 atom stereocenters. The molecule has 0 aliphatic rings. The fourth-order valence-corrected chi connectivity index (χ4v) is 0.876. The summed E-state index contributed by atoms with van der Waals surface area (Å²) in [4.78, 5) is 9.90. The standard InChI is InChI=1S/C8H6N2O2/c1-6-2-3-7(5-9)4-8(6)10(11)12/h2-4H,1H3. The third-order valence-corrected chi connectivity index (χ3v) is 1.53. The summed E-state index contributed by atoms with van der Waals surface area (Å²) < 4.78 is 0. The second-order valence-corrected chi connectivity index (χ2v) is 2.37. The van der Waals surface area contributed by atoms with Gasteiger partial charge in [-0.1, -0.05) is 6.07 Å². The van der Waals surface area contributed by atoms with E-state index in [0.717, 1.165) is 0 Å². The average molecular weight is 162 g/mol. The molecule has 60 valence electrons. The maximum absolute atomic E-state index is 10.4. The normalized spacial score (nSPS) is 9.00. The molecular weight excluding hydrogens is 156 g/mol. The van der Waals surface area contributed by atoms with Crippen molar-refractivity contribution < 1.29 is 4.92 Å². The Hall–Kier alpha value is -1.89. The summed E-state index contributed by atoms with van der Waals surface area (Å²) in [5, 5.41) is 18.8. The zero-order valence-electron chi connectivity index (χ0n) is 6.44. The van der Waals surface area contributed by atoms with Crippen LogP contribution < -0.4 is 0 Å². The Morgan fingerprint density at radius 1 is 1.58 bits per heavy atom. The molecule has 0 heterocycles. The van der Waals surface area contributed by atoms with Crippen molar-refractivity contribution in [3.63, 3.8) is 0 Å². The molecule has 1 aromatic rings. The van der Waals surface area contributed by atoms with Crippen LogP contribution in [0.25, 0.3) is 0 Å². The fourth-order valence-electron chi connectivity index (χ4n) is 0.876. The summed E-state index contributed by atoms with van der Waals surface area (Å²) in [7, 11) is 0. The maximum Gasteiger partial charge on any atom is 0.273 e. The van der Waals surface area contributed by atoms with E-state index in [4.69, 9.17) is 5.26 Å². The van der Waals surface area contributed by atoms with E-state index in [-0.39, 0.29) is 5.69 Å². The molecule has 0 radical (unpaired) electrons. The molecule has 0 fully saturated rings. The summed E-state index contributed by atoms with van der Waals surface area (Å²) in [6.45, 7) is 1.64. The molecule has 0 unspecified atom stereocenters. The van der Waals surface area contributed by atoms with Gasteiger partial charge in [-0.25, -0.2) is 0 Å². The second-order valence-electron chi connectivity index (χ2n) is 2.37. The van der Waals surface area contributed by atoms with Gasteiger partial charge in [0.1, 0.15) is 0 Å². The quantitative estimate of drug-likeness (QED) is 0.466. The Bertz CT molecular complexity index is 366. The maximum atomic E-state index is 10.4. The SMILES string of the molecule is Cc1ccc(C#N)cc1[N+](=O)[O-]. The Kier molecular flexibility index (Phi) is 2.06. The number of nitro groups is 1. The van der Waals surface area contributed by atoms with Crippen molar-refractivity contribution in [1.82, 2.24) is 0 Å². The lowest BCUT2D eigenvalue weighted by Crippen LogP contribution is -1.91. The first-order chi connectivity index (χ1) is 5.65. The number of aryl methyl sites for hydroxylation is 1. The molecule has 0 aromatic heterocycles. The highest BCUT2D eigenvalue weighted by molar-refractivity contribution is 5.46. The minimum atomic E-state index is -0.490. The smallest absolute Gasteiger partial charge is 0.258 e. The topological polar surface area (TPSA) is 66.9 Å². The van der Waals surface area contributed by atoms with E-state index in [1.807, 2.05) is 6.07 Å². The van der Waals surface area contributed by atoms with Crippen LogP contribution in [0.2, 0.25) is 0 Å². The molecule has 0 bridgehead atoms. The van der Waals surface area contributed by atoms with Gasteiger partial charge < -0.3 is 0 Å². The number of hydrogen-bond donors (Lipinski definition) is 0. The van der Waals surface area contributed by atoms with Crippen LogP contribution >= 0.6 is 0 Å². The van der Waals surface area contributed by atoms with Crippen molar-refractivity contribution in [3.8, 4) is 6.07 Å². The van der Waals surface area contributed by atoms with E-state index in [0.29, 0.717) is 11.1 Å². The van der Waals surface area contributed by atoms with E-state index < -0.39 is 4.92 Å². The van der Waals surface area contributed by atoms with Crippen molar-refractivity contribution in [2.24, 2.45) is 0 Å². The monoisotopic (exact) mass is 162 g/mol. The van der Waals surface area contributed by atoms with Crippen LogP contribution in [0.5, 0.6) is 0 Å². The lowest BCUT2D eigenvalue weighted by Gasteiger charge is -1.95. The van der Waals surface area contributed by atoms with Crippen LogP contribution in [0.15, 0.2) is 18.2 Å². The van der Waals surface area contributed by atoms with Crippen molar-refractivity contribution >= 4 is 5.69 Å². The van der Waals surface area contributed by atoms with Crippen LogP contribution in [0, 0.1) is 28.4 Å². The van der Waals surface area contributed by atoms with E-state index in [1.165, 1.54) is 6.07 Å². The van der Waals surface area contributed by atoms with Gasteiger partial charge in [-0.15, -0.1) is 0 Å². The number of benzene rings is 1. The van der Waals surface area contributed by atoms with Gasteiger partial charge in [-0.05, 0) is 13.0 Å². The lowest BCUT2D eigenvalue weighted by molar-refractivity contribution is -0.385. The molecule has 0 saturated heterocycles. The van der Waals surface area contributed by atoms with E-state index in [2.05, 4.69) is 0 Å². The highest BCUT2D eigenvalue weighted by Gasteiger charge is 2.09. The van der Waals surface area contributed by atoms with E-state index in [1.54, 1.807) is 19.1 Å². The first kappa shape index (κ1) is 8.21. The fraction of sp³-hybridized carbons (Fsp3) is 0.125. The van der Waals surface area contributed by atoms with Gasteiger partial charge in [0.05, 0.1) is 16.6 Å². The Morgan fingerprint density at radius 2 is 2.25 bits per heavy atom. The molecule has 4 heteroatoms. The van der Waals surface area contributed by atoms with Gasteiger partial charge >= 0.3 is 0 Å². The predicted octanol–water partition coefficient (Wildman–Crippen LogP) is 1.77. The van der Waals surface area contributed by atoms with Crippen LogP contribution in [-0.2, 0) is 0 Å². The van der Waals surface area contributed by atoms with Gasteiger partial charge in [-0.3, -0.25) is 10.1 Å². The Labute approximate surface area is 69.2 Å². The van der Waals surface area contributed by atoms with Gasteiger partial charge in [-0.2, -0.15) is 5.26 Å². The molecule has 0 aliphatic carbocycles. The van der Waals surface area contributed by atoms with Crippen LogP contribution in [0.4, 0.5) is 5.69 Å². The highest BCUT2D eigenvalue weighted by atomic mass is 16.6. The Balaban J connectivity index is 3.28. The highest BCUT2D eigenvalue weighted by Crippen LogP contribution is 2.18. The summed E-state index contributed by atoms with van der Waals surface area (Å²) in [6, 6.07) is 6.24. The first-order valence-electron chi connectivity index (χ1n) is 3.30. The molecule has 4 nitrogen and oxygen atoms in total. The lowest BCUT2D eigenvalue weighted by atomic mass is 10.1. The predicted molar refractivity (Wildman–Crippen MR) is 42.5 cm³/mol. The molecule has 0 N–H and O–H groups in total. The summed E-state index contributed by atoms with van der Waals surface area (Å²) in [5.41, 5.74) is 0.875. The zero-order chi connectivity index (χ0) is 9.14. The summed E-state index contributed by atoms with van der Waals surface area (Å²) >= 11 is 0. The van der Waals surface area contributed by atoms with Gasteiger partial charge in [0.25, 0.3) is 5.69 Å². The van der Waals surface area contributed by atoms with Crippen molar-refractivity contribution in [2.75, 3.05) is 0 Å². The van der Waals surface area contributed by atoms with Crippen LogP contribution in [0.3, 0.4) is 0 Å². The van der Waals surface area contributed by atoms with E-state index >= 15 is 0 Å². The number of hydrogen-bond acceptors (Lipinski definition) is 3. The molecular formula is C8H6N2O2. The van der Waals surface area contributed by atoms with E-state index in [9.17, 15) is 10.1 Å². The van der Waals surface area contributed by atoms with Gasteiger partial charge in [0, 0.05) is 11.6 Å². The number of rotatable bonds is 1. The number of nitro benzene ring substituents is 1. The molecule has 0 spiro atoms. The third-order valence-electron chi connectivity index (χ3n) is 1.53. The second kappa shape index (κ2) is 3.01. The molecule has 1 rings (SSSR count). The average Bonchev–Trinajstić information content (AvgIpc) is 2.05. The molecule has 0 aliphatic heterocycles. The summed E-state index contributed by atoms with van der Waals surface area (Å²) in [5.74, 6) is 0. The minimum absolute atomic E-state index is 0.00551. The van der Waals surface area contributed by atoms with Crippen molar-refractivity contribution in [3.05, 3.63) is 39.4 Å². The van der Waals surface area contributed by atoms with Crippen molar-refractivity contribution in [1.29, 1.82) is 5.26 Å². The zero-order valence-corrected chi connectivity index (χ0v) is 6.44. The molecule has 0 saturated carbocycles. The first-order valence-corrected chi connectivity index (χ1v) is 3.30. The van der Waals surface area contributed by atoms with Crippen LogP contribution in [-0.4, -0.2) is 4.92 Å².